The molecule has 0 saturated heterocycles. The van der Waals surface area contributed by atoms with Crippen LogP contribution in [0.15, 0.2) is 61.3 Å². The topological polar surface area (TPSA) is 101 Å². The minimum Gasteiger partial charge on any atom is -0.494 e. The Kier molecular flexibility index (Phi) is 5.09. The monoisotopic (exact) mass is 415 g/mol. The molecule has 0 saturated carbocycles. The molecule has 0 aliphatic heterocycles. The first-order chi connectivity index (χ1) is 15.3. The quantitative estimate of drug-likeness (QED) is 0.383. The molecule has 0 spiro atoms. The lowest BCUT2D eigenvalue weighted by Crippen LogP contribution is -2.07. The van der Waals surface area contributed by atoms with Gasteiger partial charge in [-0.2, -0.15) is 14.9 Å². The van der Waals surface area contributed by atoms with Gasteiger partial charge >= 0.3 is 0 Å². The number of hydrogen-bond donors (Lipinski definition) is 0. The third-order valence-electron chi connectivity index (χ3n) is 4.80. The highest BCUT2D eigenvalue weighted by Gasteiger charge is 2.11. The minimum atomic E-state index is 0.576. The summed E-state index contributed by atoms with van der Waals surface area (Å²) in [6.45, 7) is 4.10. The molecule has 4 aromatic heterocycles. The Morgan fingerprint density at radius 1 is 1.00 bits per heavy atom. The smallest absolute Gasteiger partial charge is 0.187 e. The summed E-state index contributed by atoms with van der Waals surface area (Å²) in [5.74, 6) is 1.50. The molecular weight excluding hydrogens is 394 g/mol. The van der Waals surface area contributed by atoms with Crippen LogP contribution >= 0.6 is 0 Å². The summed E-state index contributed by atoms with van der Waals surface area (Å²) in [5, 5.41) is 17.1. The van der Waals surface area contributed by atoms with Crippen molar-refractivity contribution in [2.75, 3.05) is 6.61 Å². The van der Waals surface area contributed by atoms with Crippen LogP contribution in [0.3, 0.4) is 0 Å². The van der Waals surface area contributed by atoms with Crippen LogP contribution < -0.4 is 4.74 Å². The molecular formula is C21H21N9O. The molecule has 156 valence electrons. The fourth-order valence-corrected chi connectivity index (χ4v) is 3.31. The summed E-state index contributed by atoms with van der Waals surface area (Å²) >= 11 is 0. The number of ether oxygens (including phenoxy) is 1. The molecule has 5 rings (SSSR count). The average Bonchev–Trinajstić information content (AvgIpc) is 3.54. The van der Waals surface area contributed by atoms with Crippen molar-refractivity contribution >= 4 is 11.2 Å². The van der Waals surface area contributed by atoms with Crippen molar-refractivity contribution in [3.8, 4) is 11.4 Å². The first-order valence-corrected chi connectivity index (χ1v) is 10.1. The van der Waals surface area contributed by atoms with Gasteiger partial charge in [0.05, 0.1) is 37.8 Å². The van der Waals surface area contributed by atoms with E-state index in [2.05, 4.69) is 25.5 Å². The maximum atomic E-state index is 5.51. The lowest BCUT2D eigenvalue weighted by Gasteiger charge is -2.05. The van der Waals surface area contributed by atoms with Crippen molar-refractivity contribution in [3.05, 3.63) is 72.7 Å². The molecule has 1 aromatic carbocycles. The number of benzene rings is 1. The highest BCUT2D eigenvalue weighted by molar-refractivity contribution is 5.70. The Hall–Kier alpha value is -4.08. The van der Waals surface area contributed by atoms with Gasteiger partial charge in [0.15, 0.2) is 11.2 Å². The predicted molar refractivity (Wildman–Crippen MR) is 113 cm³/mol. The van der Waals surface area contributed by atoms with Crippen LogP contribution in [0.1, 0.15) is 18.3 Å². The third-order valence-corrected chi connectivity index (χ3v) is 4.80. The molecule has 0 bridgehead atoms. The largest absolute Gasteiger partial charge is 0.494 e. The zero-order chi connectivity index (χ0) is 21.0. The summed E-state index contributed by atoms with van der Waals surface area (Å²) in [4.78, 5) is 9.15. The molecule has 0 aliphatic carbocycles. The van der Waals surface area contributed by atoms with Gasteiger partial charge < -0.3 is 4.74 Å². The van der Waals surface area contributed by atoms with Crippen molar-refractivity contribution in [1.29, 1.82) is 0 Å². The first kappa shape index (κ1) is 18.9. The summed E-state index contributed by atoms with van der Waals surface area (Å²) in [6, 6.07) is 9.60. The zero-order valence-corrected chi connectivity index (χ0v) is 17.0. The number of nitrogens with zero attached hydrogens (tertiary/aromatic N) is 9. The summed E-state index contributed by atoms with van der Waals surface area (Å²) in [6.07, 6.45) is 9.85. The second-order valence-corrected chi connectivity index (χ2v) is 6.98. The van der Waals surface area contributed by atoms with E-state index < -0.39 is 0 Å². The van der Waals surface area contributed by atoms with E-state index >= 15 is 0 Å². The summed E-state index contributed by atoms with van der Waals surface area (Å²) in [5.41, 5.74) is 3.22. The fraction of sp³-hybridized carbons (Fsp3) is 0.238. The standard InChI is InChI=1S/C21H21N9O/c1-2-31-18-6-4-17(5-7-18)30-21-19(26-27-30)14-22-20(25-21)12-16-13-24-29(15-16)11-10-28-9-3-8-23-28/h3-9,13-15H,2,10-12H2,1H3. The van der Waals surface area contributed by atoms with Gasteiger partial charge in [0.2, 0.25) is 0 Å². The molecule has 0 aliphatic rings. The van der Waals surface area contributed by atoms with Crippen LogP contribution in [-0.2, 0) is 19.5 Å². The molecule has 0 fully saturated rings. The molecule has 4 heterocycles. The van der Waals surface area contributed by atoms with Crippen molar-refractivity contribution in [2.45, 2.75) is 26.4 Å². The molecule has 31 heavy (non-hydrogen) atoms. The van der Waals surface area contributed by atoms with E-state index in [4.69, 9.17) is 9.72 Å². The SMILES string of the molecule is CCOc1ccc(-n2nnc3cnc(Cc4cnn(CCn5cccn5)c4)nc32)cc1. The van der Waals surface area contributed by atoms with Crippen molar-refractivity contribution in [2.24, 2.45) is 0 Å². The Morgan fingerprint density at radius 2 is 1.87 bits per heavy atom. The third kappa shape index (κ3) is 4.13. The molecule has 0 radical (unpaired) electrons. The molecule has 0 amide bonds. The van der Waals surface area contributed by atoms with Gasteiger partial charge in [0, 0.05) is 25.0 Å². The van der Waals surface area contributed by atoms with Gasteiger partial charge in [0.25, 0.3) is 0 Å². The maximum Gasteiger partial charge on any atom is 0.187 e. The normalized spacial score (nSPS) is 11.3. The average molecular weight is 415 g/mol. The molecule has 10 heteroatoms. The second kappa shape index (κ2) is 8.34. The van der Waals surface area contributed by atoms with Crippen LogP contribution in [-0.4, -0.2) is 51.1 Å². The van der Waals surface area contributed by atoms with E-state index in [1.807, 2.05) is 65.2 Å². The molecule has 0 N–H and O–H groups in total. The van der Waals surface area contributed by atoms with Gasteiger partial charge in [-0.05, 0) is 42.8 Å². The van der Waals surface area contributed by atoms with Crippen LogP contribution in [0.4, 0.5) is 0 Å². The lowest BCUT2D eigenvalue weighted by molar-refractivity contribution is 0.340. The molecule has 0 unspecified atom stereocenters. The van der Waals surface area contributed by atoms with Crippen LogP contribution in [0.2, 0.25) is 0 Å². The molecule has 10 nitrogen and oxygen atoms in total. The van der Waals surface area contributed by atoms with E-state index in [0.717, 1.165) is 30.1 Å². The van der Waals surface area contributed by atoms with Gasteiger partial charge in [-0.1, -0.05) is 5.21 Å². The van der Waals surface area contributed by atoms with E-state index in [1.54, 1.807) is 17.1 Å². The van der Waals surface area contributed by atoms with E-state index in [0.29, 0.717) is 30.0 Å². The molecule has 5 aromatic rings. The number of aryl methyl sites for hydroxylation is 2. The lowest BCUT2D eigenvalue weighted by atomic mass is 10.2. The summed E-state index contributed by atoms with van der Waals surface area (Å²) in [7, 11) is 0. The first-order valence-electron chi connectivity index (χ1n) is 10.1. The Labute approximate surface area is 178 Å². The van der Waals surface area contributed by atoms with Gasteiger partial charge in [-0.15, -0.1) is 5.10 Å². The zero-order valence-electron chi connectivity index (χ0n) is 17.0. The Morgan fingerprint density at radius 3 is 2.68 bits per heavy atom. The highest BCUT2D eigenvalue weighted by Crippen LogP contribution is 2.18. The second-order valence-electron chi connectivity index (χ2n) is 6.98. The Bertz CT molecular complexity index is 1270. The molecule has 0 atom stereocenters. The van der Waals surface area contributed by atoms with E-state index in [1.165, 1.54) is 0 Å². The van der Waals surface area contributed by atoms with Gasteiger partial charge in [-0.3, -0.25) is 9.36 Å². The van der Waals surface area contributed by atoms with E-state index in [-0.39, 0.29) is 0 Å². The highest BCUT2D eigenvalue weighted by atomic mass is 16.5. The minimum absolute atomic E-state index is 0.576. The van der Waals surface area contributed by atoms with Gasteiger partial charge in [-0.25, -0.2) is 9.97 Å². The van der Waals surface area contributed by atoms with Crippen LogP contribution in [0.5, 0.6) is 5.75 Å². The number of rotatable bonds is 8. The van der Waals surface area contributed by atoms with Crippen LogP contribution in [0.25, 0.3) is 16.9 Å². The predicted octanol–water partition coefficient (Wildman–Crippen LogP) is 2.29. The fourth-order valence-electron chi connectivity index (χ4n) is 3.31. The maximum absolute atomic E-state index is 5.51. The van der Waals surface area contributed by atoms with Crippen LogP contribution in [0, 0.1) is 0 Å². The van der Waals surface area contributed by atoms with Gasteiger partial charge in [0.1, 0.15) is 11.6 Å². The summed E-state index contributed by atoms with van der Waals surface area (Å²) < 4.78 is 11.0. The van der Waals surface area contributed by atoms with Crippen molar-refractivity contribution < 1.29 is 4.74 Å². The number of hydrogen-bond acceptors (Lipinski definition) is 7. The van der Waals surface area contributed by atoms with Crippen molar-refractivity contribution in [1.82, 2.24) is 44.5 Å². The Balaban J connectivity index is 1.33. The number of fused-ring (bicyclic) bond motifs is 1. The van der Waals surface area contributed by atoms with Crippen molar-refractivity contribution in [3.63, 3.8) is 0 Å². The van der Waals surface area contributed by atoms with E-state index in [9.17, 15) is 0 Å². The number of aromatic nitrogens is 9.